The van der Waals surface area contributed by atoms with Crippen LogP contribution in [0, 0.1) is 0 Å². The van der Waals surface area contributed by atoms with E-state index in [0.717, 1.165) is 30.2 Å². The number of amides is 3. The van der Waals surface area contributed by atoms with Crippen molar-refractivity contribution in [2.75, 3.05) is 6.54 Å². The highest BCUT2D eigenvalue weighted by Crippen LogP contribution is 2.19. The summed E-state index contributed by atoms with van der Waals surface area (Å²) in [6.45, 7) is 2.70. The molecule has 0 aliphatic carbocycles. The van der Waals surface area contributed by atoms with Gasteiger partial charge in [0, 0.05) is 30.7 Å². The first-order chi connectivity index (χ1) is 10.6. The van der Waals surface area contributed by atoms with Gasteiger partial charge in [-0.1, -0.05) is 38.0 Å². The largest absolute Gasteiger partial charge is 0.350 e. The Bertz CT molecular complexity index is 663. The maximum absolute atomic E-state index is 12.2. The summed E-state index contributed by atoms with van der Waals surface area (Å²) in [5, 5.41) is 3.55. The molecule has 1 heterocycles. The van der Waals surface area contributed by atoms with Crippen LogP contribution in [0.4, 0.5) is 4.79 Å². The molecule has 0 bridgehead atoms. The van der Waals surface area contributed by atoms with Gasteiger partial charge in [0.15, 0.2) is 0 Å². The maximum atomic E-state index is 12.2. The second-order valence-electron chi connectivity index (χ2n) is 5.21. The molecule has 6 heteroatoms. The molecule has 0 spiro atoms. The summed E-state index contributed by atoms with van der Waals surface area (Å²) in [6, 6.07) is 7.23. The Morgan fingerprint density at radius 2 is 1.91 bits per heavy atom. The van der Waals surface area contributed by atoms with Crippen LogP contribution in [-0.2, 0) is 7.05 Å². The van der Waals surface area contributed by atoms with Crippen LogP contribution in [0.25, 0.3) is 10.9 Å². The molecule has 0 fully saturated rings. The third-order valence-corrected chi connectivity index (χ3v) is 3.50. The Hall–Kier alpha value is -2.50. The number of aromatic nitrogens is 1. The van der Waals surface area contributed by atoms with Crippen LogP contribution in [0.3, 0.4) is 0 Å². The molecule has 2 aromatic rings. The molecule has 0 saturated carbocycles. The molecule has 118 valence electrons. The van der Waals surface area contributed by atoms with Gasteiger partial charge in [0.1, 0.15) is 0 Å². The molecule has 0 aliphatic rings. The summed E-state index contributed by atoms with van der Waals surface area (Å²) < 4.78 is 1.88. The van der Waals surface area contributed by atoms with Gasteiger partial charge in [-0.3, -0.25) is 10.2 Å². The second kappa shape index (κ2) is 7.49. The Morgan fingerprint density at radius 1 is 1.14 bits per heavy atom. The van der Waals surface area contributed by atoms with Gasteiger partial charge in [-0.25, -0.2) is 10.2 Å². The smallest absolute Gasteiger partial charge is 0.333 e. The Labute approximate surface area is 129 Å². The Morgan fingerprint density at radius 3 is 2.68 bits per heavy atom. The number of hydrazine groups is 1. The van der Waals surface area contributed by atoms with E-state index in [1.54, 1.807) is 6.20 Å². The number of unbranched alkanes of at least 4 members (excludes halogenated alkanes) is 2. The molecule has 0 atom stereocenters. The van der Waals surface area contributed by atoms with Gasteiger partial charge in [0.05, 0.1) is 5.56 Å². The van der Waals surface area contributed by atoms with Crippen LogP contribution in [0.2, 0.25) is 0 Å². The number of benzene rings is 1. The number of nitrogens with zero attached hydrogens (tertiary/aromatic N) is 1. The lowest BCUT2D eigenvalue weighted by Crippen LogP contribution is -2.47. The van der Waals surface area contributed by atoms with Crippen LogP contribution in [0.1, 0.15) is 36.5 Å². The predicted octanol–water partition coefficient (Wildman–Crippen LogP) is 2.31. The molecule has 0 radical (unpaired) electrons. The minimum atomic E-state index is -0.398. The van der Waals surface area contributed by atoms with Crippen molar-refractivity contribution in [2.24, 2.45) is 7.05 Å². The fraction of sp³-hybridized carbons (Fsp3) is 0.375. The summed E-state index contributed by atoms with van der Waals surface area (Å²) in [5.41, 5.74) is 6.30. The highest BCUT2D eigenvalue weighted by atomic mass is 16.2. The molecule has 2 rings (SSSR count). The predicted molar refractivity (Wildman–Crippen MR) is 86.4 cm³/mol. The average molecular weight is 302 g/mol. The third kappa shape index (κ3) is 3.78. The molecule has 1 aromatic carbocycles. The fourth-order valence-corrected chi connectivity index (χ4v) is 2.32. The third-order valence-electron chi connectivity index (χ3n) is 3.50. The van der Waals surface area contributed by atoms with Crippen LogP contribution < -0.4 is 16.2 Å². The normalized spacial score (nSPS) is 10.5. The monoisotopic (exact) mass is 302 g/mol. The number of hydrogen-bond donors (Lipinski definition) is 3. The molecule has 1 aromatic heterocycles. The zero-order valence-corrected chi connectivity index (χ0v) is 13.0. The number of rotatable bonds is 5. The minimum absolute atomic E-state index is 0.333. The van der Waals surface area contributed by atoms with Crippen LogP contribution >= 0.6 is 0 Å². The summed E-state index contributed by atoms with van der Waals surface area (Å²) >= 11 is 0. The highest BCUT2D eigenvalue weighted by molar-refractivity contribution is 6.07. The number of para-hydroxylation sites is 1. The number of aryl methyl sites for hydroxylation is 1. The first-order valence-electron chi connectivity index (χ1n) is 7.51. The zero-order chi connectivity index (χ0) is 15.9. The number of nitrogens with one attached hydrogen (secondary N) is 3. The van der Waals surface area contributed by atoms with E-state index in [0.29, 0.717) is 12.1 Å². The average Bonchev–Trinajstić information content (AvgIpc) is 2.87. The SMILES string of the molecule is CCCCCNC(=O)NNC(=O)c1cn(C)c2ccccc12. The van der Waals surface area contributed by atoms with Crippen molar-refractivity contribution in [3.05, 3.63) is 36.0 Å². The minimum Gasteiger partial charge on any atom is -0.350 e. The van der Waals surface area contributed by atoms with E-state index in [1.165, 1.54) is 0 Å². The summed E-state index contributed by atoms with van der Waals surface area (Å²) in [6.07, 6.45) is 4.85. The van der Waals surface area contributed by atoms with Gasteiger partial charge < -0.3 is 9.88 Å². The number of carbonyl (C=O) groups is 2. The molecule has 0 saturated heterocycles. The second-order valence-corrected chi connectivity index (χ2v) is 5.21. The van der Waals surface area contributed by atoms with E-state index in [2.05, 4.69) is 23.1 Å². The van der Waals surface area contributed by atoms with Crippen molar-refractivity contribution in [3.63, 3.8) is 0 Å². The molecule has 0 unspecified atom stereocenters. The van der Waals surface area contributed by atoms with Crippen molar-refractivity contribution in [2.45, 2.75) is 26.2 Å². The van der Waals surface area contributed by atoms with Crippen molar-refractivity contribution in [3.8, 4) is 0 Å². The number of hydrogen-bond acceptors (Lipinski definition) is 2. The number of fused-ring (bicyclic) bond motifs is 1. The van der Waals surface area contributed by atoms with E-state index in [1.807, 2.05) is 35.9 Å². The molecule has 0 aliphatic heterocycles. The standard InChI is InChI=1S/C16H22N4O2/c1-3-4-7-10-17-16(22)19-18-15(21)13-11-20(2)14-9-6-5-8-12(13)14/h5-6,8-9,11H,3-4,7,10H2,1-2H3,(H,18,21)(H2,17,19,22). The topological polar surface area (TPSA) is 75.2 Å². The highest BCUT2D eigenvalue weighted by Gasteiger charge is 2.13. The summed E-state index contributed by atoms with van der Waals surface area (Å²) in [4.78, 5) is 23.8. The van der Waals surface area contributed by atoms with E-state index >= 15 is 0 Å². The van der Waals surface area contributed by atoms with Crippen molar-refractivity contribution in [1.82, 2.24) is 20.7 Å². The van der Waals surface area contributed by atoms with Gasteiger partial charge in [-0.2, -0.15) is 0 Å². The van der Waals surface area contributed by atoms with Crippen LogP contribution in [-0.4, -0.2) is 23.1 Å². The molecular formula is C16H22N4O2. The van der Waals surface area contributed by atoms with E-state index in [9.17, 15) is 9.59 Å². The number of urea groups is 1. The lowest BCUT2D eigenvalue weighted by molar-refractivity contribution is 0.0937. The quantitative estimate of drug-likeness (QED) is 0.585. The van der Waals surface area contributed by atoms with Gasteiger partial charge >= 0.3 is 6.03 Å². The first-order valence-corrected chi connectivity index (χ1v) is 7.51. The Balaban J connectivity index is 1.90. The van der Waals surface area contributed by atoms with Crippen LogP contribution in [0.15, 0.2) is 30.5 Å². The lowest BCUT2D eigenvalue weighted by Gasteiger charge is -2.08. The van der Waals surface area contributed by atoms with E-state index in [-0.39, 0.29) is 5.91 Å². The molecule has 22 heavy (non-hydrogen) atoms. The maximum Gasteiger partial charge on any atom is 0.333 e. The fourth-order valence-electron chi connectivity index (χ4n) is 2.32. The van der Waals surface area contributed by atoms with Crippen molar-refractivity contribution in [1.29, 1.82) is 0 Å². The van der Waals surface area contributed by atoms with Gasteiger partial charge in [-0.05, 0) is 12.5 Å². The zero-order valence-electron chi connectivity index (χ0n) is 13.0. The van der Waals surface area contributed by atoms with Crippen LogP contribution in [0.5, 0.6) is 0 Å². The van der Waals surface area contributed by atoms with Gasteiger partial charge in [0.25, 0.3) is 5.91 Å². The molecule has 6 nitrogen and oxygen atoms in total. The first kappa shape index (κ1) is 15.9. The summed E-state index contributed by atoms with van der Waals surface area (Å²) in [5.74, 6) is -0.333. The van der Waals surface area contributed by atoms with Crippen molar-refractivity contribution >= 4 is 22.8 Å². The molecule has 3 amide bonds. The van der Waals surface area contributed by atoms with Gasteiger partial charge in [0.2, 0.25) is 0 Å². The Kier molecular flexibility index (Phi) is 5.41. The number of carbonyl (C=O) groups excluding carboxylic acids is 2. The lowest BCUT2D eigenvalue weighted by atomic mass is 10.2. The van der Waals surface area contributed by atoms with E-state index < -0.39 is 6.03 Å². The molecular weight excluding hydrogens is 280 g/mol. The summed E-state index contributed by atoms with van der Waals surface area (Å²) in [7, 11) is 1.88. The van der Waals surface area contributed by atoms with E-state index in [4.69, 9.17) is 0 Å². The molecule has 3 N–H and O–H groups in total. The van der Waals surface area contributed by atoms with Gasteiger partial charge in [-0.15, -0.1) is 0 Å². The van der Waals surface area contributed by atoms with Crippen molar-refractivity contribution < 1.29 is 9.59 Å².